The van der Waals surface area contributed by atoms with Gasteiger partial charge in [0, 0.05) is 25.6 Å². The summed E-state index contributed by atoms with van der Waals surface area (Å²) in [7, 11) is 1.75. The van der Waals surface area contributed by atoms with E-state index in [1.165, 1.54) is 6.07 Å². The summed E-state index contributed by atoms with van der Waals surface area (Å²) < 4.78 is 0. The van der Waals surface area contributed by atoms with Crippen molar-refractivity contribution in [2.24, 2.45) is 0 Å². The summed E-state index contributed by atoms with van der Waals surface area (Å²) >= 11 is 0. The maximum absolute atomic E-state index is 11.9. The zero-order chi connectivity index (χ0) is 14.0. The summed E-state index contributed by atoms with van der Waals surface area (Å²) in [5, 5.41) is 3.00. The Morgan fingerprint density at radius 1 is 1.63 bits per heavy atom. The van der Waals surface area contributed by atoms with Crippen LogP contribution in [0.4, 0.5) is 5.82 Å². The fourth-order valence-electron chi connectivity index (χ4n) is 1.87. The van der Waals surface area contributed by atoms with Gasteiger partial charge in [0.1, 0.15) is 17.7 Å². The van der Waals surface area contributed by atoms with Crippen LogP contribution in [0.25, 0.3) is 0 Å². The number of nitrogens with zero attached hydrogens (tertiary/aromatic N) is 2. The van der Waals surface area contributed by atoms with Gasteiger partial charge in [0.2, 0.25) is 5.91 Å². The van der Waals surface area contributed by atoms with Crippen molar-refractivity contribution in [2.45, 2.75) is 38.6 Å². The lowest BCUT2D eigenvalue weighted by Crippen LogP contribution is -2.39. The number of hydrogen-bond donors (Lipinski definition) is 2. The molecule has 1 saturated carbocycles. The SMILES string of the molecule is CCN(C)C(=O)C(C)Nc1cc(=O)[nH]c(C2CC2)n1. The molecule has 1 aromatic heterocycles. The third-order valence-corrected chi connectivity index (χ3v) is 3.31. The average molecular weight is 264 g/mol. The molecule has 0 saturated heterocycles. The summed E-state index contributed by atoms with van der Waals surface area (Å²) in [6.45, 7) is 4.34. The lowest BCUT2D eigenvalue weighted by Gasteiger charge is -2.20. The highest BCUT2D eigenvalue weighted by molar-refractivity contribution is 5.83. The third kappa shape index (κ3) is 3.33. The molecule has 1 amide bonds. The lowest BCUT2D eigenvalue weighted by atomic mass is 10.3. The largest absolute Gasteiger partial charge is 0.358 e. The standard InChI is InChI=1S/C13H20N4O2/c1-4-17(3)13(19)8(2)14-10-7-11(18)16-12(15-10)9-5-6-9/h7-9H,4-6H2,1-3H3,(H2,14,15,16,18). The van der Waals surface area contributed by atoms with E-state index in [1.807, 2.05) is 6.92 Å². The van der Waals surface area contributed by atoms with E-state index in [0.29, 0.717) is 18.3 Å². The molecule has 6 heteroatoms. The first kappa shape index (κ1) is 13.6. The van der Waals surface area contributed by atoms with Gasteiger partial charge >= 0.3 is 0 Å². The molecule has 1 heterocycles. The van der Waals surface area contributed by atoms with E-state index in [2.05, 4.69) is 15.3 Å². The maximum atomic E-state index is 11.9. The molecule has 104 valence electrons. The van der Waals surface area contributed by atoms with Gasteiger partial charge in [0.15, 0.2) is 0 Å². The topological polar surface area (TPSA) is 78.1 Å². The number of rotatable bonds is 5. The number of H-pyrrole nitrogens is 1. The van der Waals surface area contributed by atoms with Crippen LogP contribution in [0, 0.1) is 0 Å². The molecule has 1 unspecified atom stereocenters. The van der Waals surface area contributed by atoms with Gasteiger partial charge in [-0.25, -0.2) is 4.98 Å². The molecule has 0 aliphatic heterocycles. The molecule has 0 spiro atoms. The number of nitrogens with one attached hydrogen (secondary N) is 2. The van der Waals surface area contributed by atoms with E-state index in [0.717, 1.165) is 18.7 Å². The molecule has 0 bridgehead atoms. The van der Waals surface area contributed by atoms with Crippen LogP contribution in [-0.4, -0.2) is 40.4 Å². The van der Waals surface area contributed by atoms with Crippen molar-refractivity contribution in [3.8, 4) is 0 Å². The Labute approximate surface area is 112 Å². The Balaban J connectivity index is 2.10. The van der Waals surface area contributed by atoms with E-state index in [1.54, 1.807) is 18.9 Å². The molecule has 0 radical (unpaired) electrons. The van der Waals surface area contributed by atoms with Crippen LogP contribution in [0.5, 0.6) is 0 Å². The minimum atomic E-state index is -0.397. The molecule has 1 atom stereocenters. The van der Waals surface area contributed by atoms with Gasteiger partial charge < -0.3 is 15.2 Å². The van der Waals surface area contributed by atoms with Crippen LogP contribution in [0.15, 0.2) is 10.9 Å². The molecule has 2 N–H and O–H groups in total. The monoisotopic (exact) mass is 264 g/mol. The lowest BCUT2D eigenvalue weighted by molar-refractivity contribution is -0.130. The Kier molecular flexibility index (Phi) is 3.87. The molecule has 1 aliphatic rings. The molecule has 1 fully saturated rings. The van der Waals surface area contributed by atoms with Crippen molar-refractivity contribution in [1.29, 1.82) is 0 Å². The summed E-state index contributed by atoms with van der Waals surface area (Å²) in [5.74, 6) is 1.55. The van der Waals surface area contributed by atoms with E-state index >= 15 is 0 Å². The smallest absolute Gasteiger partial charge is 0.252 e. The first-order valence-corrected chi connectivity index (χ1v) is 6.64. The highest BCUT2D eigenvalue weighted by Gasteiger charge is 2.26. The van der Waals surface area contributed by atoms with Crippen LogP contribution < -0.4 is 10.9 Å². The number of carbonyl (C=O) groups excluding carboxylic acids is 1. The molecule has 1 aromatic rings. The van der Waals surface area contributed by atoms with Crippen molar-refractivity contribution in [3.63, 3.8) is 0 Å². The van der Waals surface area contributed by atoms with Crippen molar-refractivity contribution in [3.05, 3.63) is 22.2 Å². The molecule has 19 heavy (non-hydrogen) atoms. The van der Waals surface area contributed by atoms with E-state index < -0.39 is 6.04 Å². The van der Waals surface area contributed by atoms with Crippen LogP contribution >= 0.6 is 0 Å². The summed E-state index contributed by atoms with van der Waals surface area (Å²) in [4.78, 5) is 32.2. The van der Waals surface area contributed by atoms with Crippen LogP contribution in [0.2, 0.25) is 0 Å². The molecule has 2 rings (SSSR count). The zero-order valence-corrected chi connectivity index (χ0v) is 11.6. The van der Waals surface area contributed by atoms with Crippen molar-refractivity contribution in [2.75, 3.05) is 18.9 Å². The van der Waals surface area contributed by atoms with Crippen LogP contribution in [0.3, 0.4) is 0 Å². The Bertz CT molecular complexity index is 522. The minimum Gasteiger partial charge on any atom is -0.358 e. The van der Waals surface area contributed by atoms with Crippen molar-refractivity contribution < 1.29 is 4.79 Å². The molecular formula is C13H20N4O2. The number of anilines is 1. The molecular weight excluding hydrogens is 244 g/mol. The number of aromatic amines is 1. The molecule has 0 aromatic carbocycles. The average Bonchev–Trinajstić information content (AvgIpc) is 3.20. The molecule has 6 nitrogen and oxygen atoms in total. The second kappa shape index (κ2) is 5.42. The van der Waals surface area contributed by atoms with E-state index in [4.69, 9.17) is 0 Å². The van der Waals surface area contributed by atoms with Gasteiger partial charge in [-0.15, -0.1) is 0 Å². The second-order valence-corrected chi connectivity index (χ2v) is 5.01. The quantitative estimate of drug-likeness (QED) is 0.829. The molecule has 1 aliphatic carbocycles. The Morgan fingerprint density at radius 3 is 2.89 bits per heavy atom. The van der Waals surface area contributed by atoms with Crippen LogP contribution in [-0.2, 0) is 4.79 Å². The fraction of sp³-hybridized carbons (Fsp3) is 0.615. The van der Waals surface area contributed by atoms with Gasteiger partial charge in [-0.1, -0.05) is 0 Å². The van der Waals surface area contributed by atoms with Crippen molar-refractivity contribution >= 4 is 11.7 Å². The summed E-state index contributed by atoms with van der Waals surface area (Å²) in [5.41, 5.74) is -0.178. The van der Waals surface area contributed by atoms with Gasteiger partial charge in [0.25, 0.3) is 5.56 Å². The maximum Gasteiger partial charge on any atom is 0.252 e. The number of aromatic nitrogens is 2. The van der Waals surface area contributed by atoms with E-state index in [-0.39, 0.29) is 11.5 Å². The first-order valence-electron chi connectivity index (χ1n) is 6.64. The minimum absolute atomic E-state index is 0.0162. The van der Waals surface area contributed by atoms with Gasteiger partial charge in [-0.2, -0.15) is 0 Å². The van der Waals surface area contributed by atoms with Gasteiger partial charge in [-0.3, -0.25) is 9.59 Å². The Hall–Kier alpha value is -1.85. The summed E-state index contributed by atoms with van der Waals surface area (Å²) in [6, 6.07) is 0.994. The highest BCUT2D eigenvalue weighted by Crippen LogP contribution is 2.37. The first-order chi connectivity index (χ1) is 9.01. The van der Waals surface area contributed by atoms with Crippen LogP contribution in [0.1, 0.15) is 38.4 Å². The number of amides is 1. The summed E-state index contributed by atoms with van der Waals surface area (Å²) in [6.07, 6.45) is 2.14. The number of likely N-dealkylation sites (N-methyl/N-ethyl adjacent to an activating group) is 1. The predicted molar refractivity (Wildman–Crippen MR) is 73.2 cm³/mol. The van der Waals surface area contributed by atoms with Gasteiger partial charge in [-0.05, 0) is 26.7 Å². The number of hydrogen-bond acceptors (Lipinski definition) is 4. The van der Waals surface area contributed by atoms with Crippen molar-refractivity contribution in [1.82, 2.24) is 14.9 Å². The van der Waals surface area contributed by atoms with Gasteiger partial charge in [0.05, 0.1) is 0 Å². The predicted octanol–water partition coefficient (Wildman–Crippen LogP) is 0.926. The zero-order valence-electron chi connectivity index (χ0n) is 11.6. The fourth-order valence-corrected chi connectivity index (χ4v) is 1.87. The number of carbonyl (C=O) groups is 1. The highest BCUT2D eigenvalue weighted by atomic mass is 16.2. The second-order valence-electron chi connectivity index (χ2n) is 5.01. The normalized spacial score (nSPS) is 15.9. The Morgan fingerprint density at radius 2 is 2.32 bits per heavy atom. The van der Waals surface area contributed by atoms with E-state index in [9.17, 15) is 9.59 Å². The third-order valence-electron chi connectivity index (χ3n) is 3.31.